The van der Waals surface area contributed by atoms with E-state index in [4.69, 9.17) is 4.74 Å². The normalized spacial score (nSPS) is 17.4. The molecule has 0 bridgehead atoms. The van der Waals surface area contributed by atoms with Crippen molar-refractivity contribution in [3.8, 4) is 0 Å². The molecule has 0 N–H and O–H groups in total. The minimum Gasteiger partial charge on any atom is -0.447 e. The molecule has 0 spiro atoms. The number of ketones is 1. The maximum Gasteiger partial charge on any atom is 0.417 e. The summed E-state index contributed by atoms with van der Waals surface area (Å²) in [6.45, 7) is 1.53. The van der Waals surface area contributed by atoms with E-state index in [-0.39, 0.29) is 12.4 Å². The summed E-state index contributed by atoms with van der Waals surface area (Å²) in [6, 6.07) is 14.7. The number of imide groups is 1. The van der Waals surface area contributed by atoms with Gasteiger partial charge in [0.25, 0.3) is 0 Å². The van der Waals surface area contributed by atoms with Gasteiger partial charge in [0.05, 0.1) is 12.0 Å². The average Bonchev–Trinajstić information content (AvgIpc) is 3.03. The highest BCUT2D eigenvalue weighted by Gasteiger charge is 2.41. The van der Waals surface area contributed by atoms with Gasteiger partial charge in [-0.05, 0) is 43.9 Å². The quantitative estimate of drug-likeness (QED) is 0.704. The average molecular weight is 366 g/mol. The van der Waals surface area contributed by atoms with E-state index in [1.54, 1.807) is 6.20 Å². The monoisotopic (exact) mass is 366 g/mol. The summed E-state index contributed by atoms with van der Waals surface area (Å²) in [4.78, 5) is 42.6. The van der Waals surface area contributed by atoms with Crippen LogP contribution in [-0.2, 0) is 27.2 Å². The van der Waals surface area contributed by atoms with Crippen LogP contribution in [0.5, 0.6) is 0 Å². The fourth-order valence-electron chi connectivity index (χ4n) is 3.27. The van der Waals surface area contributed by atoms with Crippen molar-refractivity contribution in [1.82, 2.24) is 9.88 Å². The van der Waals surface area contributed by atoms with E-state index < -0.39 is 24.0 Å². The molecule has 6 nitrogen and oxygen atoms in total. The summed E-state index contributed by atoms with van der Waals surface area (Å²) >= 11 is 0. The van der Waals surface area contributed by atoms with Crippen LogP contribution in [0.15, 0.2) is 54.7 Å². The molecular formula is C21H22N2O4. The lowest BCUT2D eigenvalue weighted by Gasteiger charge is -2.23. The third-order valence-electron chi connectivity index (χ3n) is 4.72. The van der Waals surface area contributed by atoms with Gasteiger partial charge in [0, 0.05) is 11.9 Å². The number of rotatable bonds is 7. The zero-order valence-corrected chi connectivity index (χ0v) is 15.2. The SMILES string of the molecule is CC(=O)[C@H](CCc1ccccn1)C(=O)N1C(=O)OC[C@@H]1Cc1ccccc1. The first-order valence-electron chi connectivity index (χ1n) is 9.00. The van der Waals surface area contributed by atoms with Gasteiger partial charge in [0.2, 0.25) is 5.91 Å². The van der Waals surface area contributed by atoms with Crippen LogP contribution in [0, 0.1) is 5.92 Å². The first-order chi connectivity index (χ1) is 13.1. The van der Waals surface area contributed by atoms with Gasteiger partial charge in [0.15, 0.2) is 0 Å². The van der Waals surface area contributed by atoms with Crippen molar-refractivity contribution in [3.63, 3.8) is 0 Å². The lowest BCUT2D eigenvalue weighted by molar-refractivity contribution is -0.139. The molecule has 2 atom stereocenters. The number of cyclic esters (lactones) is 1. The number of aryl methyl sites for hydroxylation is 1. The van der Waals surface area contributed by atoms with Crippen LogP contribution in [0.25, 0.3) is 0 Å². The molecule has 0 saturated carbocycles. The van der Waals surface area contributed by atoms with Crippen molar-refractivity contribution in [2.75, 3.05) is 6.61 Å². The van der Waals surface area contributed by atoms with Gasteiger partial charge in [-0.3, -0.25) is 14.6 Å². The number of aromatic nitrogens is 1. The van der Waals surface area contributed by atoms with E-state index in [1.165, 1.54) is 6.92 Å². The van der Waals surface area contributed by atoms with Crippen LogP contribution in [-0.4, -0.2) is 40.3 Å². The molecule has 6 heteroatoms. The van der Waals surface area contributed by atoms with Gasteiger partial charge in [-0.25, -0.2) is 9.69 Å². The van der Waals surface area contributed by atoms with Crippen LogP contribution in [0.1, 0.15) is 24.6 Å². The number of carbonyl (C=O) groups excluding carboxylic acids is 3. The summed E-state index contributed by atoms with van der Waals surface area (Å²) in [6.07, 6.45) is 2.30. The van der Waals surface area contributed by atoms with Crippen LogP contribution in [0.4, 0.5) is 4.79 Å². The minimum absolute atomic E-state index is 0.143. The molecule has 0 radical (unpaired) electrons. The maximum absolute atomic E-state index is 13.0. The third-order valence-corrected chi connectivity index (χ3v) is 4.72. The fraction of sp³-hybridized carbons (Fsp3) is 0.333. The molecule has 0 aliphatic carbocycles. The van der Waals surface area contributed by atoms with Crippen LogP contribution in [0.3, 0.4) is 0 Å². The maximum atomic E-state index is 13.0. The van der Waals surface area contributed by atoms with E-state index in [0.717, 1.165) is 16.2 Å². The first kappa shape index (κ1) is 18.8. The van der Waals surface area contributed by atoms with Gasteiger partial charge in [-0.15, -0.1) is 0 Å². The van der Waals surface area contributed by atoms with E-state index in [2.05, 4.69) is 4.98 Å². The summed E-state index contributed by atoms with van der Waals surface area (Å²) in [5, 5.41) is 0. The zero-order valence-electron chi connectivity index (χ0n) is 15.2. The number of hydrogen-bond donors (Lipinski definition) is 0. The van der Waals surface area contributed by atoms with Crippen molar-refractivity contribution in [3.05, 3.63) is 66.0 Å². The molecule has 1 aromatic heterocycles. The number of amides is 2. The Labute approximate surface area is 158 Å². The largest absolute Gasteiger partial charge is 0.447 e. The highest BCUT2D eigenvalue weighted by Crippen LogP contribution is 2.22. The number of Topliss-reactive ketones (excluding diaryl/α,β-unsaturated/α-hetero) is 1. The Hall–Kier alpha value is -3.02. The number of nitrogens with zero attached hydrogens (tertiary/aromatic N) is 2. The van der Waals surface area contributed by atoms with Crippen molar-refractivity contribution in [1.29, 1.82) is 0 Å². The van der Waals surface area contributed by atoms with Crippen molar-refractivity contribution in [2.24, 2.45) is 5.92 Å². The number of ether oxygens (including phenoxy) is 1. The van der Waals surface area contributed by atoms with Gasteiger partial charge in [-0.1, -0.05) is 36.4 Å². The molecule has 1 aromatic carbocycles. The number of carbonyl (C=O) groups is 3. The molecule has 140 valence electrons. The van der Waals surface area contributed by atoms with Gasteiger partial charge in [-0.2, -0.15) is 0 Å². The standard InChI is InChI=1S/C21H22N2O4/c1-15(24)19(11-10-17-9-5-6-12-22-17)20(25)23-18(14-27-21(23)26)13-16-7-3-2-4-8-16/h2-9,12,18-19H,10-11,13-14H2,1H3/t18-,19-/m0/s1. The second kappa shape index (κ2) is 8.58. The Balaban J connectivity index is 1.72. The Kier molecular flexibility index (Phi) is 5.96. The van der Waals surface area contributed by atoms with Crippen LogP contribution < -0.4 is 0 Å². The molecule has 1 aliphatic heterocycles. The number of benzene rings is 1. The molecule has 3 rings (SSSR count). The predicted molar refractivity (Wildman–Crippen MR) is 98.9 cm³/mol. The summed E-state index contributed by atoms with van der Waals surface area (Å²) < 4.78 is 5.11. The Morgan fingerprint density at radius 2 is 1.93 bits per heavy atom. The summed E-state index contributed by atoms with van der Waals surface area (Å²) in [7, 11) is 0. The first-order valence-corrected chi connectivity index (χ1v) is 9.00. The van der Waals surface area contributed by atoms with E-state index >= 15 is 0 Å². The van der Waals surface area contributed by atoms with Gasteiger partial charge >= 0.3 is 6.09 Å². The Morgan fingerprint density at radius 1 is 1.19 bits per heavy atom. The Bertz CT molecular complexity index is 807. The van der Waals surface area contributed by atoms with Gasteiger partial charge < -0.3 is 4.74 Å². The fourth-order valence-corrected chi connectivity index (χ4v) is 3.27. The second-order valence-electron chi connectivity index (χ2n) is 6.65. The predicted octanol–water partition coefficient (Wildman–Crippen LogP) is 2.81. The number of pyridine rings is 1. The van der Waals surface area contributed by atoms with E-state index in [0.29, 0.717) is 19.3 Å². The van der Waals surface area contributed by atoms with Crippen molar-refractivity contribution >= 4 is 17.8 Å². The molecule has 27 heavy (non-hydrogen) atoms. The minimum atomic E-state index is -0.879. The second-order valence-corrected chi connectivity index (χ2v) is 6.65. The summed E-state index contributed by atoms with van der Waals surface area (Å²) in [5.41, 5.74) is 1.81. The third kappa shape index (κ3) is 4.58. The molecule has 2 amide bonds. The highest BCUT2D eigenvalue weighted by molar-refractivity contribution is 6.06. The van der Waals surface area contributed by atoms with E-state index in [9.17, 15) is 14.4 Å². The molecule has 1 aliphatic rings. The molecule has 2 aromatic rings. The zero-order chi connectivity index (χ0) is 19.2. The lowest BCUT2D eigenvalue weighted by Crippen LogP contribution is -2.45. The molecule has 0 unspecified atom stereocenters. The topological polar surface area (TPSA) is 76.6 Å². The molecule has 1 fully saturated rings. The molecule has 1 saturated heterocycles. The lowest BCUT2D eigenvalue weighted by atomic mass is 9.95. The van der Waals surface area contributed by atoms with Gasteiger partial charge in [0.1, 0.15) is 12.4 Å². The summed E-state index contributed by atoms with van der Waals surface area (Å²) in [5.74, 6) is -1.62. The number of hydrogen-bond acceptors (Lipinski definition) is 5. The van der Waals surface area contributed by atoms with Crippen LogP contribution >= 0.6 is 0 Å². The van der Waals surface area contributed by atoms with E-state index in [1.807, 2.05) is 48.5 Å². The van der Waals surface area contributed by atoms with Crippen molar-refractivity contribution < 1.29 is 19.1 Å². The smallest absolute Gasteiger partial charge is 0.417 e. The highest BCUT2D eigenvalue weighted by atomic mass is 16.6. The van der Waals surface area contributed by atoms with Crippen molar-refractivity contribution in [2.45, 2.75) is 32.2 Å². The molecule has 2 heterocycles. The van der Waals surface area contributed by atoms with Crippen LogP contribution in [0.2, 0.25) is 0 Å². The Morgan fingerprint density at radius 3 is 2.59 bits per heavy atom. The molecular weight excluding hydrogens is 344 g/mol.